The lowest BCUT2D eigenvalue weighted by atomic mass is 10.1. The second-order valence-corrected chi connectivity index (χ2v) is 3.24. The first kappa shape index (κ1) is 10.2. The zero-order valence-electron chi connectivity index (χ0n) is 7.52. The van der Waals surface area contributed by atoms with Crippen LogP contribution in [0.1, 0.15) is 5.56 Å². The molecule has 5 heteroatoms. The van der Waals surface area contributed by atoms with E-state index in [1.165, 1.54) is 0 Å². The maximum atomic E-state index is 5.75. The molecule has 0 heterocycles. The van der Waals surface area contributed by atoms with Crippen molar-refractivity contribution in [1.29, 1.82) is 0 Å². The Morgan fingerprint density at radius 3 is 2.54 bits per heavy atom. The van der Waals surface area contributed by atoms with Gasteiger partial charge in [0.15, 0.2) is 5.75 Å². The molecule has 0 unspecified atom stereocenters. The van der Waals surface area contributed by atoms with Crippen LogP contribution in [0.4, 0.5) is 17.1 Å². The molecule has 0 saturated carbocycles. The maximum absolute atomic E-state index is 5.75. The van der Waals surface area contributed by atoms with E-state index in [9.17, 15) is 0 Å². The van der Waals surface area contributed by atoms with Gasteiger partial charge in [-0.25, -0.2) is 0 Å². The fraction of sp³-hybridized carbons (Fsp3) is 0.250. The summed E-state index contributed by atoms with van der Waals surface area (Å²) in [4.78, 5) is 0. The van der Waals surface area contributed by atoms with Crippen molar-refractivity contribution in [2.75, 3.05) is 22.1 Å². The summed E-state index contributed by atoms with van der Waals surface area (Å²) in [5, 5.41) is 0. The van der Waals surface area contributed by atoms with Crippen LogP contribution in [0.3, 0.4) is 0 Å². The maximum Gasteiger partial charge on any atom is 0.167 e. The fourth-order valence-electron chi connectivity index (χ4n) is 1.16. The van der Waals surface area contributed by atoms with Gasteiger partial charge in [-0.1, -0.05) is 0 Å². The minimum Gasteiger partial charge on any atom is -0.492 e. The quantitative estimate of drug-likeness (QED) is 0.442. The summed E-state index contributed by atoms with van der Waals surface area (Å²) in [5.74, 6) is 0.604. The average Bonchev–Trinajstić information content (AvgIpc) is 2.10. The Morgan fingerprint density at radius 2 is 2.08 bits per heavy atom. The summed E-state index contributed by atoms with van der Waals surface area (Å²) in [5.41, 5.74) is 14.3. The van der Waals surface area contributed by atoms with Crippen molar-refractivity contribution in [3.63, 3.8) is 0 Å². The standard InChI is InChI=1S/C8H12IN3O/c1-4-3-5(10)6(11)8(13-2)7(4)12-9/h3,12H,10-11H2,1-2H3. The van der Waals surface area contributed by atoms with Gasteiger partial charge in [-0.15, -0.1) is 0 Å². The molecule has 72 valence electrons. The van der Waals surface area contributed by atoms with E-state index in [-0.39, 0.29) is 0 Å². The van der Waals surface area contributed by atoms with Gasteiger partial charge in [0.1, 0.15) is 0 Å². The molecule has 13 heavy (non-hydrogen) atoms. The van der Waals surface area contributed by atoms with E-state index in [1.807, 2.05) is 35.9 Å². The SMILES string of the molecule is COc1c(N)c(N)cc(C)c1NI. The summed E-state index contributed by atoms with van der Waals surface area (Å²) >= 11 is 2.03. The number of rotatable bonds is 2. The van der Waals surface area contributed by atoms with Crippen LogP contribution in [0.5, 0.6) is 5.75 Å². The summed E-state index contributed by atoms with van der Waals surface area (Å²) < 4.78 is 8.15. The minimum atomic E-state index is 0.479. The van der Waals surface area contributed by atoms with Gasteiger partial charge in [-0.3, -0.25) is 0 Å². The van der Waals surface area contributed by atoms with Crippen LogP contribution in [0.25, 0.3) is 0 Å². The third-order valence-electron chi connectivity index (χ3n) is 1.85. The Balaban J connectivity index is 3.41. The van der Waals surface area contributed by atoms with Crippen molar-refractivity contribution in [2.24, 2.45) is 0 Å². The van der Waals surface area contributed by atoms with Crippen molar-refractivity contribution >= 4 is 39.9 Å². The molecule has 0 bridgehead atoms. The number of ether oxygens (including phenoxy) is 1. The third kappa shape index (κ3) is 1.74. The van der Waals surface area contributed by atoms with Crippen molar-refractivity contribution in [2.45, 2.75) is 6.92 Å². The van der Waals surface area contributed by atoms with Crippen molar-refractivity contribution < 1.29 is 4.74 Å². The number of nitrogens with two attached hydrogens (primary N) is 2. The Morgan fingerprint density at radius 1 is 1.46 bits per heavy atom. The smallest absolute Gasteiger partial charge is 0.167 e. The first-order valence-corrected chi connectivity index (χ1v) is 4.78. The minimum absolute atomic E-state index is 0.479. The Hall–Kier alpha value is -0.850. The molecule has 0 spiro atoms. The van der Waals surface area contributed by atoms with Crippen LogP contribution >= 0.6 is 22.9 Å². The van der Waals surface area contributed by atoms with Gasteiger partial charge in [0.2, 0.25) is 0 Å². The highest BCUT2D eigenvalue weighted by Crippen LogP contribution is 2.38. The molecule has 0 radical (unpaired) electrons. The number of aryl methyl sites for hydroxylation is 1. The molecule has 0 aliphatic carbocycles. The summed E-state index contributed by atoms with van der Waals surface area (Å²) in [7, 11) is 1.57. The van der Waals surface area contributed by atoms with Gasteiger partial charge in [-0.2, -0.15) is 0 Å². The van der Waals surface area contributed by atoms with Gasteiger partial charge >= 0.3 is 0 Å². The fourth-order valence-corrected chi connectivity index (χ4v) is 1.83. The molecule has 4 nitrogen and oxygen atoms in total. The van der Waals surface area contributed by atoms with E-state index in [0.717, 1.165) is 11.3 Å². The van der Waals surface area contributed by atoms with E-state index < -0.39 is 0 Å². The predicted octanol–water partition coefficient (Wildman–Crippen LogP) is 1.93. The van der Waals surface area contributed by atoms with Crippen molar-refractivity contribution in [3.8, 4) is 5.75 Å². The number of methoxy groups -OCH3 is 1. The molecule has 0 amide bonds. The molecular weight excluding hydrogens is 281 g/mol. The first-order valence-electron chi connectivity index (χ1n) is 3.71. The number of anilines is 3. The Kier molecular flexibility index (Phi) is 3.07. The summed E-state index contributed by atoms with van der Waals surface area (Å²) in [6.45, 7) is 1.94. The van der Waals surface area contributed by atoms with Crippen LogP contribution in [-0.4, -0.2) is 7.11 Å². The molecule has 0 aromatic heterocycles. The largest absolute Gasteiger partial charge is 0.492 e. The van der Waals surface area contributed by atoms with Crippen molar-refractivity contribution in [1.82, 2.24) is 0 Å². The molecule has 1 aromatic rings. The molecule has 0 aliphatic heterocycles. The zero-order valence-corrected chi connectivity index (χ0v) is 9.68. The number of hydrogen-bond donors (Lipinski definition) is 3. The second-order valence-electron chi connectivity index (χ2n) is 2.70. The predicted molar refractivity (Wildman–Crippen MR) is 64.2 cm³/mol. The molecule has 0 aliphatic rings. The third-order valence-corrected chi connectivity index (χ3v) is 2.39. The lowest BCUT2D eigenvalue weighted by molar-refractivity contribution is 0.419. The number of benzene rings is 1. The molecule has 1 rings (SSSR count). The van der Waals surface area contributed by atoms with E-state index in [2.05, 4.69) is 3.53 Å². The van der Waals surface area contributed by atoms with Gasteiger partial charge in [0.05, 0.1) is 47.0 Å². The molecule has 0 fully saturated rings. The summed E-state index contributed by atoms with van der Waals surface area (Å²) in [6, 6.07) is 1.82. The van der Waals surface area contributed by atoms with Crippen LogP contribution in [-0.2, 0) is 0 Å². The molecule has 1 aromatic carbocycles. The van der Waals surface area contributed by atoms with Gasteiger partial charge in [0, 0.05) is 0 Å². The number of nitrogen functional groups attached to an aromatic ring is 2. The van der Waals surface area contributed by atoms with E-state index in [0.29, 0.717) is 17.1 Å². The average molecular weight is 293 g/mol. The normalized spacial score (nSPS) is 9.77. The van der Waals surface area contributed by atoms with Gasteiger partial charge < -0.3 is 19.7 Å². The lowest BCUT2D eigenvalue weighted by Gasteiger charge is -2.14. The molecular formula is C8H12IN3O. The van der Waals surface area contributed by atoms with Crippen LogP contribution in [0.15, 0.2) is 6.07 Å². The second kappa shape index (κ2) is 3.91. The molecule has 0 saturated heterocycles. The highest BCUT2D eigenvalue weighted by Gasteiger charge is 2.12. The molecule has 5 N–H and O–H groups in total. The zero-order chi connectivity index (χ0) is 10.0. The highest BCUT2D eigenvalue weighted by atomic mass is 127. The number of halogens is 1. The number of hydrogen-bond acceptors (Lipinski definition) is 4. The molecule has 0 atom stereocenters. The van der Waals surface area contributed by atoms with Gasteiger partial charge in [0.25, 0.3) is 0 Å². The van der Waals surface area contributed by atoms with E-state index >= 15 is 0 Å². The monoisotopic (exact) mass is 293 g/mol. The van der Waals surface area contributed by atoms with E-state index in [4.69, 9.17) is 16.2 Å². The number of nitrogens with one attached hydrogen (secondary N) is 1. The Bertz CT molecular complexity index is 328. The Labute approximate surface area is 91.1 Å². The topological polar surface area (TPSA) is 73.3 Å². The first-order chi connectivity index (χ1) is 6.11. The van der Waals surface area contributed by atoms with Crippen LogP contribution < -0.4 is 19.7 Å². The van der Waals surface area contributed by atoms with Crippen molar-refractivity contribution in [3.05, 3.63) is 11.6 Å². The highest BCUT2D eigenvalue weighted by molar-refractivity contribution is 14.1. The van der Waals surface area contributed by atoms with E-state index in [1.54, 1.807) is 7.11 Å². The van der Waals surface area contributed by atoms with Crippen LogP contribution in [0.2, 0.25) is 0 Å². The van der Waals surface area contributed by atoms with Crippen LogP contribution in [0, 0.1) is 6.92 Å². The summed E-state index contributed by atoms with van der Waals surface area (Å²) in [6.07, 6.45) is 0. The lowest BCUT2D eigenvalue weighted by Crippen LogP contribution is -2.02. The van der Waals surface area contributed by atoms with Gasteiger partial charge in [-0.05, 0) is 18.6 Å².